The van der Waals surface area contributed by atoms with Crippen molar-refractivity contribution in [3.63, 3.8) is 0 Å². The fourth-order valence-corrected chi connectivity index (χ4v) is 4.10. The predicted octanol–water partition coefficient (Wildman–Crippen LogP) is 6.15. The second kappa shape index (κ2) is 14.0. The van der Waals surface area contributed by atoms with E-state index in [4.69, 9.17) is 4.74 Å². The minimum absolute atomic E-state index is 0.0659. The van der Waals surface area contributed by atoms with Crippen LogP contribution in [0.15, 0.2) is 112 Å². The van der Waals surface area contributed by atoms with Crippen LogP contribution in [-0.2, 0) is 11.4 Å². The molecule has 4 rings (SSSR count). The summed E-state index contributed by atoms with van der Waals surface area (Å²) in [5.74, 6) is -1.28. The van der Waals surface area contributed by atoms with Crippen molar-refractivity contribution in [1.82, 2.24) is 10.7 Å². The van der Waals surface area contributed by atoms with Crippen molar-refractivity contribution in [2.24, 2.45) is 5.10 Å². The number of halogens is 2. The van der Waals surface area contributed by atoms with Crippen LogP contribution in [-0.4, -0.2) is 32.1 Å². The Kier molecular flexibility index (Phi) is 10.0. The first-order valence-corrected chi connectivity index (χ1v) is 13.4. The van der Waals surface area contributed by atoms with Gasteiger partial charge in [-0.2, -0.15) is 5.10 Å². The Morgan fingerprint density at radius 3 is 2.41 bits per heavy atom. The molecule has 0 bridgehead atoms. The summed E-state index contributed by atoms with van der Waals surface area (Å²) in [6.07, 6.45) is 2.98. The quantitative estimate of drug-likeness (QED) is 0.127. The van der Waals surface area contributed by atoms with Gasteiger partial charge in [-0.3, -0.25) is 9.59 Å². The minimum Gasteiger partial charge on any atom is -0.488 e. The molecule has 0 saturated carbocycles. The summed E-state index contributed by atoms with van der Waals surface area (Å²) in [6, 6.07) is 27.8. The third kappa shape index (κ3) is 8.61. The van der Waals surface area contributed by atoms with Crippen molar-refractivity contribution in [2.75, 3.05) is 19.0 Å². The van der Waals surface area contributed by atoms with Gasteiger partial charge in [-0.25, -0.2) is 9.82 Å². The summed E-state index contributed by atoms with van der Waals surface area (Å²) in [7, 11) is 3.84. The lowest BCUT2D eigenvalue weighted by molar-refractivity contribution is -0.117. The molecular weight excluding hydrogens is 587 g/mol. The van der Waals surface area contributed by atoms with E-state index in [9.17, 15) is 14.0 Å². The highest BCUT2D eigenvalue weighted by Crippen LogP contribution is 2.23. The van der Waals surface area contributed by atoms with Crippen LogP contribution in [0.1, 0.15) is 27.0 Å². The lowest BCUT2D eigenvalue weighted by atomic mass is 10.1. The van der Waals surface area contributed by atoms with E-state index in [-0.39, 0.29) is 11.3 Å². The molecule has 0 radical (unpaired) electrons. The normalized spacial score (nSPS) is 11.3. The lowest BCUT2D eigenvalue weighted by Crippen LogP contribution is -2.32. The number of carbonyl (C=O) groups is 2. The number of ether oxygens (including phenoxy) is 1. The van der Waals surface area contributed by atoms with E-state index < -0.39 is 17.6 Å². The number of nitrogens with one attached hydrogen (secondary N) is 2. The smallest absolute Gasteiger partial charge is 0.287 e. The lowest BCUT2D eigenvalue weighted by Gasteiger charge is -2.13. The van der Waals surface area contributed by atoms with E-state index in [0.717, 1.165) is 21.8 Å². The highest BCUT2D eigenvalue weighted by Gasteiger charge is 2.15. The first-order chi connectivity index (χ1) is 19.8. The maximum absolute atomic E-state index is 13.7. The molecule has 4 aromatic rings. The van der Waals surface area contributed by atoms with Gasteiger partial charge in [0.05, 0.1) is 6.21 Å². The number of benzene rings is 4. The zero-order chi connectivity index (χ0) is 29.2. The number of nitrogens with zero attached hydrogens (tertiary/aromatic N) is 2. The maximum Gasteiger partial charge on any atom is 0.287 e. The fraction of sp³-hybridized carbons (Fsp3) is 0.0938. The Morgan fingerprint density at radius 2 is 1.71 bits per heavy atom. The molecule has 9 heteroatoms. The average Bonchev–Trinajstić information content (AvgIpc) is 2.97. The summed E-state index contributed by atoms with van der Waals surface area (Å²) in [4.78, 5) is 28.0. The molecular formula is C32H28BrFN4O3. The van der Waals surface area contributed by atoms with Gasteiger partial charge in [0.25, 0.3) is 11.8 Å². The van der Waals surface area contributed by atoms with Gasteiger partial charge in [-0.15, -0.1) is 0 Å². The molecule has 0 aliphatic heterocycles. The van der Waals surface area contributed by atoms with E-state index in [1.54, 1.807) is 6.07 Å². The van der Waals surface area contributed by atoms with Gasteiger partial charge < -0.3 is 15.0 Å². The first-order valence-electron chi connectivity index (χ1n) is 12.6. The van der Waals surface area contributed by atoms with Crippen LogP contribution in [0.3, 0.4) is 0 Å². The number of hydrazone groups is 1. The summed E-state index contributed by atoms with van der Waals surface area (Å²) < 4.78 is 20.5. The summed E-state index contributed by atoms with van der Waals surface area (Å²) >= 11 is 3.45. The molecule has 0 aliphatic rings. The molecule has 208 valence electrons. The van der Waals surface area contributed by atoms with Crippen LogP contribution < -0.4 is 20.4 Å². The SMILES string of the molecule is CN(C)c1ccc(/C=C(\NC(=O)c2cccc(F)c2)C(=O)N/N=C/c2cc(Br)ccc2OCc2ccccc2)cc1. The van der Waals surface area contributed by atoms with Crippen molar-refractivity contribution in [3.05, 3.63) is 135 Å². The van der Waals surface area contributed by atoms with Gasteiger partial charge in [0.2, 0.25) is 0 Å². The number of anilines is 1. The monoisotopic (exact) mass is 614 g/mol. The Bertz CT molecular complexity index is 1570. The molecule has 2 N–H and O–H groups in total. The molecule has 0 spiro atoms. The van der Waals surface area contributed by atoms with Crippen molar-refractivity contribution in [1.29, 1.82) is 0 Å². The number of carbonyl (C=O) groups excluding carboxylic acids is 2. The molecule has 0 aromatic heterocycles. The van der Waals surface area contributed by atoms with E-state index in [1.165, 1.54) is 30.5 Å². The second-order valence-corrected chi connectivity index (χ2v) is 10.1. The Labute approximate surface area is 246 Å². The largest absolute Gasteiger partial charge is 0.488 e. The van der Waals surface area contributed by atoms with Crippen LogP contribution in [0.25, 0.3) is 6.08 Å². The summed E-state index contributed by atoms with van der Waals surface area (Å²) in [5, 5.41) is 6.69. The highest BCUT2D eigenvalue weighted by atomic mass is 79.9. The number of amides is 2. The Balaban J connectivity index is 1.53. The van der Waals surface area contributed by atoms with Crippen molar-refractivity contribution in [2.45, 2.75) is 6.61 Å². The highest BCUT2D eigenvalue weighted by molar-refractivity contribution is 9.10. The van der Waals surface area contributed by atoms with Gasteiger partial charge in [-0.05, 0) is 65.7 Å². The minimum atomic E-state index is -0.663. The Morgan fingerprint density at radius 1 is 0.951 bits per heavy atom. The molecule has 0 heterocycles. The molecule has 0 aliphatic carbocycles. The van der Waals surface area contributed by atoms with Crippen LogP contribution in [0.2, 0.25) is 0 Å². The van der Waals surface area contributed by atoms with Gasteiger partial charge in [0, 0.05) is 35.4 Å². The first kappa shape index (κ1) is 29.2. The average molecular weight is 616 g/mol. The zero-order valence-corrected chi connectivity index (χ0v) is 24.1. The van der Waals surface area contributed by atoms with Crippen LogP contribution >= 0.6 is 15.9 Å². The van der Waals surface area contributed by atoms with E-state index in [2.05, 4.69) is 31.8 Å². The van der Waals surface area contributed by atoms with E-state index in [0.29, 0.717) is 23.5 Å². The van der Waals surface area contributed by atoms with Gasteiger partial charge in [-0.1, -0.05) is 64.5 Å². The standard InChI is InChI=1S/C32H28BrFN4O3/c1-38(2)28-14-11-22(12-15-28)17-29(36-31(39)24-9-6-10-27(34)19-24)32(40)37-35-20-25-18-26(33)13-16-30(25)41-21-23-7-4-3-5-8-23/h3-20H,21H2,1-2H3,(H,36,39)(H,37,40)/b29-17-,35-20+. The van der Waals surface area contributed by atoms with Gasteiger partial charge in [0.1, 0.15) is 23.9 Å². The molecule has 0 fully saturated rings. The second-order valence-electron chi connectivity index (χ2n) is 9.16. The molecule has 41 heavy (non-hydrogen) atoms. The van der Waals surface area contributed by atoms with Crippen LogP contribution in [0.5, 0.6) is 5.75 Å². The van der Waals surface area contributed by atoms with Gasteiger partial charge in [0.15, 0.2) is 0 Å². The third-order valence-electron chi connectivity index (χ3n) is 5.88. The predicted molar refractivity (Wildman–Crippen MR) is 163 cm³/mol. The van der Waals surface area contributed by atoms with Crippen molar-refractivity contribution < 1.29 is 18.7 Å². The summed E-state index contributed by atoms with van der Waals surface area (Å²) in [5.41, 5.74) is 5.76. The zero-order valence-electron chi connectivity index (χ0n) is 22.5. The van der Waals surface area contributed by atoms with Gasteiger partial charge >= 0.3 is 0 Å². The fourth-order valence-electron chi connectivity index (χ4n) is 3.73. The number of rotatable bonds is 10. The van der Waals surface area contributed by atoms with E-state index >= 15 is 0 Å². The Hall–Kier alpha value is -4.76. The van der Waals surface area contributed by atoms with Crippen LogP contribution in [0.4, 0.5) is 10.1 Å². The number of hydrogen-bond acceptors (Lipinski definition) is 5. The molecule has 0 unspecified atom stereocenters. The van der Waals surface area contributed by atoms with Crippen LogP contribution in [0, 0.1) is 5.82 Å². The molecule has 2 amide bonds. The number of hydrogen-bond donors (Lipinski definition) is 2. The molecule has 0 atom stereocenters. The van der Waals surface area contributed by atoms with Crippen molar-refractivity contribution >= 4 is 45.7 Å². The maximum atomic E-state index is 13.7. The molecule has 0 saturated heterocycles. The van der Waals surface area contributed by atoms with Crippen molar-refractivity contribution in [3.8, 4) is 5.75 Å². The third-order valence-corrected chi connectivity index (χ3v) is 6.37. The topological polar surface area (TPSA) is 83.0 Å². The molecule has 4 aromatic carbocycles. The van der Waals surface area contributed by atoms with E-state index in [1.807, 2.05) is 85.7 Å². The summed E-state index contributed by atoms with van der Waals surface area (Å²) in [6.45, 7) is 0.362. The molecule has 7 nitrogen and oxygen atoms in total.